The minimum absolute atomic E-state index is 0.198. The molecule has 0 N–H and O–H groups in total. The summed E-state index contributed by atoms with van der Waals surface area (Å²) < 4.78 is 2.34. The molecule has 4 aromatic carbocycles. The first-order valence-electron chi connectivity index (χ1n) is 14.3. The third kappa shape index (κ3) is 3.61. The smallest absolute Gasteiger partial charge is 0.300 e. The lowest BCUT2D eigenvalue weighted by Gasteiger charge is -2.36. The number of imide groups is 2. The zero-order valence-corrected chi connectivity index (χ0v) is 24.5. The minimum atomic E-state index is -1.05. The molecule has 6 nitrogen and oxygen atoms in total. The second-order valence-corrected chi connectivity index (χ2v) is 12.8. The molecule has 2 aliphatic rings. The number of barbiturate groups is 1. The van der Waals surface area contributed by atoms with Gasteiger partial charge in [-0.15, -0.1) is 11.3 Å². The highest BCUT2D eigenvalue weighted by Gasteiger charge is 2.48. The number of para-hydroxylation sites is 4. The molecule has 2 aromatic heterocycles. The maximum atomic E-state index is 14.0. The highest BCUT2D eigenvalue weighted by atomic mass is 32.1. The second-order valence-electron chi connectivity index (χ2n) is 11.7. The van der Waals surface area contributed by atoms with Gasteiger partial charge in [-0.1, -0.05) is 86.6 Å². The first kappa shape index (κ1) is 25.7. The predicted octanol–water partition coefficient (Wildman–Crippen LogP) is 7.84. The van der Waals surface area contributed by atoms with E-state index in [0.717, 1.165) is 25.2 Å². The Kier molecular flexibility index (Phi) is 5.52. The number of thiophene rings is 1. The fourth-order valence-electron chi connectivity index (χ4n) is 6.74. The number of carbonyl (C=O) groups excluding carboxylic acids is 3. The number of amides is 4. The van der Waals surface area contributed by atoms with E-state index in [-0.39, 0.29) is 11.8 Å². The summed E-state index contributed by atoms with van der Waals surface area (Å²) in [6.07, 6.45) is 0.198. The highest BCUT2D eigenvalue weighted by Crippen LogP contribution is 2.50. The third-order valence-corrected chi connectivity index (χ3v) is 10.0. The molecule has 0 spiro atoms. The predicted molar refractivity (Wildman–Crippen MR) is 171 cm³/mol. The Morgan fingerprint density at radius 3 is 1.91 bits per heavy atom. The van der Waals surface area contributed by atoms with Gasteiger partial charge in [-0.25, -0.2) is 14.6 Å². The molecular weight excluding hydrogens is 554 g/mol. The van der Waals surface area contributed by atoms with Crippen molar-refractivity contribution >= 4 is 62.4 Å². The molecule has 0 bridgehead atoms. The first-order valence-corrected chi connectivity index (χ1v) is 15.2. The summed E-state index contributed by atoms with van der Waals surface area (Å²) >= 11 is 1.62. The molecule has 1 saturated heterocycles. The van der Waals surface area contributed by atoms with Gasteiger partial charge in [0.25, 0.3) is 0 Å². The Morgan fingerprint density at radius 2 is 1.26 bits per heavy atom. The number of rotatable bonds is 4. The van der Waals surface area contributed by atoms with Crippen LogP contribution in [-0.2, 0) is 21.4 Å². The van der Waals surface area contributed by atoms with Crippen LogP contribution in [0.1, 0.15) is 29.9 Å². The van der Waals surface area contributed by atoms with Crippen molar-refractivity contribution < 1.29 is 14.4 Å². The normalized spacial score (nSPS) is 16.4. The number of carbonyl (C=O) groups is 3. The van der Waals surface area contributed by atoms with Crippen LogP contribution in [0, 0.1) is 5.92 Å². The van der Waals surface area contributed by atoms with Crippen molar-refractivity contribution in [3.05, 3.63) is 125 Å². The molecule has 0 aliphatic carbocycles. The Morgan fingerprint density at radius 1 is 0.674 bits per heavy atom. The standard InChI is InChI=1S/C36H27N3O3S/c1-36(2)28-18-11-17-26-25-16-9-10-19-30(25)39(31(26)28)34-29(36)21-24(43-34)20-27-32(40)37(22-12-5-3-6-13-22)35(42)38(33(27)41)23-14-7-4-8-15-23/h3-19,21,27H,20H2,1-2H3. The van der Waals surface area contributed by atoms with Gasteiger partial charge >= 0.3 is 6.03 Å². The third-order valence-electron chi connectivity index (χ3n) is 8.86. The molecule has 6 aromatic rings. The summed E-state index contributed by atoms with van der Waals surface area (Å²) in [5, 5.41) is 3.53. The maximum absolute atomic E-state index is 14.0. The zero-order chi connectivity index (χ0) is 29.5. The van der Waals surface area contributed by atoms with Crippen molar-refractivity contribution in [2.75, 3.05) is 9.80 Å². The van der Waals surface area contributed by atoms with Gasteiger partial charge in [0.2, 0.25) is 11.8 Å². The Labute approximate surface area is 252 Å². The molecule has 0 atom stereocenters. The summed E-state index contributed by atoms with van der Waals surface area (Å²) in [7, 11) is 0. The Balaban J connectivity index is 1.26. The second kappa shape index (κ2) is 9.24. The van der Waals surface area contributed by atoms with Crippen LogP contribution in [0.2, 0.25) is 0 Å². The lowest BCUT2D eigenvalue weighted by atomic mass is 9.76. The van der Waals surface area contributed by atoms with Crippen molar-refractivity contribution in [3.8, 4) is 5.00 Å². The molecule has 2 aliphatic heterocycles. The molecule has 0 saturated carbocycles. The van der Waals surface area contributed by atoms with Crippen LogP contribution in [0.25, 0.3) is 26.8 Å². The van der Waals surface area contributed by atoms with E-state index in [2.05, 4.69) is 66.9 Å². The molecule has 1 fully saturated rings. The van der Waals surface area contributed by atoms with E-state index in [0.29, 0.717) is 11.4 Å². The number of benzene rings is 4. The molecule has 0 radical (unpaired) electrons. The first-order chi connectivity index (χ1) is 20.9. The van der Waals surface area contributed by atoms with Gasteiger partial charge in [-0.05, 0) is 47.5 Å². The van der Waals surface area contributed by atoms with E-state index in [1.54, 1.807) is 59.9 Å². The largest absolute Gasteiger partial charge is 0.342 e. The quantitative estimate of drug-likeness (QED) is 0.199. The molecule has 4 amide bonds. The van der Waals surface area contributed by atoms with Crippen LogP contribution in [0.5, 0.6) is 0 Å². The lowest BCUT2D eigenvalue weighted by molar-refractivity contribution is -0.132. The minimum Gasteiger partial charge on any atom is -0.300 e. The van der Waals surface area contributed by atoms with Gasteiger partial charge < -0.3 is 4.57 Å². The van der Waals surface area contributed by atoms with Crippen LogP contribution < -0.4 is 9.80 Å². The highest BCUT2D eigenvalue weighted by molar-refractivity contribution is 7.14. The van der Waals surface area contributed by atoms with Gasteiger partial charge in [0.05, 0.1) is 22.4 Å². The number of nitrogens with zero attached hydrogens (tertiary/aromatic N) is 3. The van der Waals surface area contributed by atoms with Crippen molar-refractivity contribution in [1.82, 2.24) is 4.57 Å². The Hall–Kier alpha value is -5.01. The van der Waals surface area contributed by atoms with E-state index in [4.69, 9.17) is 0 Å². The molecule has 7 heteroatoms. The molecule has 43 heavy (non-hydrogen) atoms. The van der Waals surface area contributed by atoms with Crippen molar-refractivity contribution in [2.24, 2.45) is 5.92 Å². The van der Waals surface area contributed by atoms with E-state index in [1.807, 2.05) is 12.1 Å². The lowest BCUT2D eigenvalue weighted by Crippen LogP contribution is -2.61. The van der Waals surface area contributed by atoms with Gasteiger partial charge in [0.15, 0.2) is 0 Å². The maximum Gasteiger partial charge on any atom is 0.342 e. The summed E-state index contributed by atoms with van der Waals surface area (Å²) in [4.78, 5) is 45.0. The van der Waals surface area contributed by atoms with Crippen molar-refractivity contribution in [2.45, 2.75) is 25.7 Å². The molecule has 0 unspecified atom stereocenters. The van der Waals surface area contributed by atoms with Crippen LogP contribution in [0.4, 0.5) is 16.2 Å². The SMILES string of the molecule is CC1(C)c2cc(CC3C(=O)N(c4ccccc4)C(=O)N(c4ccccc4)C3=O)sc2-n2c3ccccc3c3cccc1c32. The fraction of sp³-hybridized carbons (Fsp3) is 0.139. The summed E-state index contributed by atoms with van der Waals surface area (Å²) in [6.45, 7) is 4.48. The number of hydrogen-bond donors (Lipinski definition) is 0. The fourth-order valence-corrected chi connectivity index (χ4v) is 8.12. The van der Waals surface area contributed by atoms with Gasteiger partial charge in [0, 0.05) is 27.5 Å². The van der Waals surface area contributed by atoms with Crippen molar-refractivity contribution in [3.63, 3.8) is 0 Å². The van der Waals surface area contributed by atoms with E-state index in [1.165, 1.54) is 27.4 Å². The van der Waals surface area contributed by atoms with E-state index < -0.39 is 23.8 Å². The van der Waals surface area contributed by atoms with Crippen LogP contribution in [-0.4, -0.2) is 22.4 Å². The Bertz CT molecular complexity index is 2050. The van der Waals surface area contributed by atoms with Crippen LogP contribution >= 0.6 is 11.3 Å². The number of hydrogen-bond acceptors (Lipinski definition) is 4. The average molecular weight is 582 g/mol. The topological polar surface area (TPSA) is 62.6 Å². The van der Waals surface area contributed by atoms with Crippen molar-refractivity contribution in [1.29, 1.82) is 0 Å². The molecule has 4 heterocycles. The molecular formula is C36H27N3O3S. The number of anilines is 2. The molecule has 210 valence electrons. The van der Waals surface area contributed by atoms with Crippen LogP contribution in [0.3, 0.4) is 0 Å². The summed E-state index contributed by atoms with van der Waals surface area (Å²) in [5.41, 5.74) is 5.36. The zero-order valence-electron chi connectivity index (χ0n) is 23.7. The van der Waals surface area contributed by atoms with E-state index in [9.17, 15) is 14.4 Å². The summed E-state index contributed by atoms with van der Waals surface area (Å²) in [5.74, 6) is -2.06. The van der Waals surface area contributed by atoms with Gasteiger partial charge in [-0.3, -0.25) is 9.59 Å². The monoisotopic (exact) mass is 581 g/mol. The average Bonchev–Trinajstić information content (AvgIpc) is 3.60. The van der Waals surface area contributed by atoms with Gasteiger partial charge in [0.1, 0.15) is 10.9 Å². The van der Waals surface area contributed by atoms with Crippen LogP contribution in [0.15, 0.2) is 109 Å². The number of aromatic nitrogens is 1. The number of fused-ring (bicyclic) bond motifs is 5. The summed E-state index contributed by atoms with van der Waals surface area (Å²) in [6, 6.07) is 34.1. The molecule has 8 rings (SSSR count). The van der Waals surface area contributed by atoms with Gasteiger partial charge in [-0.2, -0.15) is 0 Å². The number of urea groups is 1. The van der Waals surface area contributed by atoms with E-state index >= 15 is 0 Å².